The van der Waals surface area contributed by atoms with Crippen LogP contribution >= 0.6 is 23.2 Å². The third-order valence-corrected chi connectivity index (χ3v) is 3.57. The fourth-order valence-corrected chi connectivity index (χ4v) is 2.14. The zero-order valence-electron chi connectivity index (χ0n) is 9.82. The van der Waals surface area contributed by atoms with Crippen LogP contribution in [-0.2, 0) is 0 Å². The quantitative estimate of drug-likeness (QED) is 0.671. The van der Waals surface area contributed by atoms with Crippen molar-refractivity contribution in [3.05, 3.63) is 63.4 Å². The average molecular weight is 282 g/mol. The lowest BCUT2D eigenvalue weighted by atomic mass is 9.97. The number of aromatic nitrogens is 1. The molecule has 0 aliphatic heterocycles. The van der Waals surface area contributed by atoms with Crippen LogP contribution in [-0.4, -0.2) is 4.98 Å². The van der Waals surface area contributed by atoms with Crippen molar-refractivity contribution in [2.75, 3.05) is 0 Å². The molecule has 0 aliphatic rings. The van der Waals surface area contributed by atoms with Gasteiger partial charge in [-0.15, -0.1) is 0 Å². The Morgan fingerprint density at radius 3 is 2.61 bits per heavy atom. The first-order valence-corrected chi connectivity index (χ1v) is 6.20. The molecule has 0 bridgehead atoms. The van der Waals surface area contributed by atoms with Gasteiger partial charge in [-0.1, -0.05) is 29.3 Å². The van der Waals surface area contributed by atoms with Gasteiger partial charge in [0.15, 0.2) is 0 Å². The standard InChI is InChI=1S/C13H13Cl2N3/c1-8-4-5-17-7-10(8)13(18-16)9-2-3-11(14)12(15)6-9/h2-7,13,18H,16H2,1H3. The van der Waals surface area contributed by atoms with Gasteiger partial charge in [0.1, 0.15) is 0 Å². The number of benzene rings is 1. The number of rotatable bonds is 3. The maximum atomic E-state index is 6.03. The molecule has 0 radical (unpaired) electrons. The van der Waals surface area contributed by atoms with Gasteiger partial charge in [0, 0.05) is 12.4 Å². The Labute approximate surface area is 116 Å². The minimum absolute atomic E-state index is 0.159. The van der Waals surface area contributed by atoms with E-state index >= 15 is 0 Å². The molecule has 0 fully saturated rings. The molecular weight excluding hydrogens is 269 g/mol. The second-order valence-electron chi connectivity index (χ2n) is 4.01. The highest BCUT2D eigenvalue weighted by molar-refractivity contribution is 6.42. The summed E-state index contributed by atoms with van der Waals surface area (Å²) < 4.78 is 0. The van der Waals surface area contributed by atoms with Crippen LogP contribution < -0.4 is 11.3 Å². The Kier molecular flexibility index (Phi) is 4.19. The normalized spacial score (nSPS) is 12.4. The number of halogens is 2. The van der Waals surface area contributed by atoms with Crippen LogP contribution in [0.1, 0.15) is 22.7 Å². The van der Waals surface area contributed by atoms with Crippen LogP contribution in [0.15, 0.2) is 36.7 Å². The Morgan fingerprint density at radius 2 is 2.00 bits per heavy atom. The predicted molar refractivity (Wildman–Crippen MR) is 74.6 cm³/mol. The molecule has 0 saturated heterocycles. The van der Waals surface area contributed by atoms with Crippen LogP contribution in [0.4, 0.5) is 0 Å². The van der Waals surface area contributed by atoms with Crippen molar-refractivity contribution in [3.8, 4) is 0 Å². The van der Waals surface area contributed by atoms with Crippen molar-refractivity contribution in [2.45, 2.75) is 13.0 Å². The lowest BCUT2D eigenvalue weighted by Crippen LogP contribution is -2.29. The summed E-state index contributed by atoms with van der Waals surface area (Å²) in [6.45, 7) is 2.01. The van der Waals surface area contributed by atoms with Crippen molar-refractivity contribution in [1.82, 2.24) is 10.4 Å². The number of hydrogen-bond acceptors (Lipinski definition) is 3. The molecular formula is C13H13Cl2N3. The maximum absolute atomic E-state index is 6.03. The smallest absolute Gasteiger partial charge is 0.0728 e. The molecule has 94 valence electrons. The molecule has 0 amide bonds. The molecule has 1 unspecified atom stereocenters. The van der Waals surface area contributed by atoms with Crippen LogP contribution in [0.5, 0.6) is 0 Å². The zero-order chi connectivity index (χ0) is 13.1. The highest BCUT2D eigenvalue weighted by atomic mass is 35.5. The van der Waals surface area contributed by atoms with Gasteiger partial charge in [0.2, 0.25) is 0 Å². The number of nitrogens with two attached hydrogens (primary N) is 1. The largest absolute Gasteiger partial charge is 0.271 e. The topological polar surface area (TPSA) is 50.9 Å². The molecule has 1 heterocycles. The number of nitrogens with one attached hydrogen (secondary N) is 1. The van der Waals surface area contributed by atoms with E-state index in [0.29, 0.717) is 10.0 Å². The van der Waals surface area contributed by atoms with E-state index in [-0.39, 0.29) is 6.04 Å². The summed E-state index contributed by atoms with van der Waals surface area (Å²) in [5, 5.41) is 1.04. The Morgan fingerprint density at radius 1 is 1.22 bits per heavy atom. The molecule has 1 aromatic carbocycles. The van der Waals surface area contributed by atoms with Gasteiger partial charge in [-0.05, 0) is 41.8 Å². The zero-order valence-corrected chi connectivity index (χ0v) is 11.3. The van der Waals surface area contributed by atoms with Gasteiger partial charge in [0.05, 0.1) is 16.1 Å². The van der Waals surface area contributed by atoms with Gasteiger partial charge in [-0.25, -0.2) is 5.43 Å². The number of nitrogens with zero attached hydrogens (tertiary/aromatic N) is 1. The summed E-state index contributed by atoms with van der Waals surface area (Å²) in [5.74, 6) is 5.64. The molecule has 0 saturated carbocycles. The summed E-state index contributed by atoms with van der Waals surface area (Å²) >= 11 is 11.9. The molecule has 0 aliphatic carbocycles. The van der Waals surface area contributed by atoms with Crippen molar-refractivity contribution in [1.29, 1.82) is 0 Å². The van der Waals surface area contributed by atoms with Crippen LogP contribution in [0.25, 0.3) is 0 Å². The van der Waals surface area contributed by atoms with E-state index in [9.17, 15) is 0 Å². The van der Waals surface area contributed by atoms with Gasteiger partial charge >= 0.3 is 0 Å². The van der Waals surface area contributed by atoms with Gasteiger partial charge in [-0.2, -0.15) is 0 Å². The van der Waals surface area contributed by atoms with E-state index in [1.165, 1.54) is 0 Å². The molecule has 0 spiro atoms. The predicted octanol–water partition coefficient (Wildman–Crippen LogP) is 3.25. The molecule has 3 nitrogen and oxygen atoms in total. The second kappa shape index (κ2) is 5.67. The molecule has 2 aromatic rings. The lowest BCUT2D eigenvalue weighted by molar-refractivity contribution is 0.631. The third-order valence-electron chi connectivity index (χ3n) is 2.83. The highest BCUT2D eigenvalue weighted by Crippen LogP contribution is 2.29. The minimum Gasteiger partial charge on any atom is -0.271 e. The number of hydrogen-bond donors (Lipinski definition) is 2. The molecule has 5 heteroatoms. The maximum Gasteiger partial charge on any atom is 0.0728 e. The van der Waals surface area contributed by atoms with Gasteiger partial charge in [0.25, 0.3) is 0 Å². The van der Waals surface area contributed by atoms with Crippen LogP contribution in [0.2, 0.25) is 10.0 Å². The van der Waals surface area contributed by atoms with Crippen molar-refractivity contribution in [3.63, 3.8) is 0 Å². The fraction of sp³-hybridized carbons (Fsp3) is 0.154. The third kappa shape index (κ3) is 2.65. The second-order valence-corrected chi connectivity index (χ2v) is 4.82. The fourth-order valence-electron chi connectivity index (χ4n) is 1.84. The highest BCUT2D eigenvalue weighted by Gasteiger charge is 2.15. The minimum atomic E-state index is -0.159. The van der Waals surface area contributed by atoms with E-state index in [1.807, 2.05) is 19.1 Å². The number of pyridine rings is 1. The summed E-state index contributed by atoms with van der Waals surface area (Å²) in [6, 6.07) is 7.24. The number of hydrazine groups is 1. The van der Waals surface area contributed by atoms with Crippen LogP contribution in [0, 0.1) is 6.92 Å². The lowest BCUT2D eigenvalue weighted by Gasteiger charge is -2.19. The molecule has 18 heavy (non-hydrogen) atoms. The van der Waals surface area contributed by atoms with E-state index in [4.69, 9.17) is 29.0 Å². The Bertz CT molecular complexity index is 558. The van der Waals surface area contributed by atoms with Crippen LogP contribution in [0.3, 0.4) is 0 Å². The molecule has 3 N–H and O–H groups in total. The summed E-state index contributed by atoms with van der Waals surface area (Å²) in [4.78, 5) is 4.13. The Hall–Kier alpha value is -1.13. The average Bonchev–Trinajstić information content (AvgIpc) is 2.37. The first-order chi connectivity index (χ1) is 8.63. The first kappa shape index (κ1) is 13.3. The van der Waals surface area contributed by atoms with Gasteiger partial charge < -0.3 is 0 Å². The van der Waals surface area contributed by atoms with E-state index < -0.39 is 0 Å². The molecule has 1 atom stereocenters. The molecule has 2 rings (SSSR count). The van der Waals surface area contributed by atoms with Crippen molar-refractivity contribution in [2.24, 2.45) is 5.84 Å². The van der Waals surface area contributed by atoms with E-state index in [0.717, 1.165) is 16.7 Å². The van der Waals surface area contributed by atoms with E-state index in [1.54, 1.807) is 24.5 Å². The number of aryl methyl sites for hydroxylation is 1. The summed E-state index contributed by atoms with van der Waals surface area (Å²) in [6.07, 6.45) is 3.55. The van der Waals surface area contributed by atoms with Crippen molar-refractivity contribution >= 4 is 23.2 Å². The van der Waals surface area contributed by atoms with Gasteiger partial charge in [-0.3, -0.25) is 10.8 Å². The SMILES string of the molecule is Cc1ccncc1C(NN)c1ccc(Cl)c(Cl)c1. The van der Waals surface area contributed by atoms with E-state index in [2.05, 4.69) is 10.4 Å². The monoisotopic (exact) mass is 281 g/mol. The molecule has 1 aromatic heterocycles. The summed E-state index contributed by atoms with van der Waals surface area (Å²) in [7, 11) is 0. The first-order valence-electron chi connectivity index (χ1n) is 5.45. The Balaban J connectivity index is 2.45. The summed E-state index contributed by atoms with van der Waals surface area (Å²) in [5.41, 5.74) is 5.85. The van der Waals surface area contributed by atoms with Crippen molar-refractivity contribution < 1.29 is 0 Å².